The van der Waals surface area contributed by atoms with Crippen LogP contribution in [0.5, 0.6) is 5.75 Å². The number of pyridine rings is 1. The van der Waals surface area contributed by atoms with Crippen molar-refractivity contribution >= 4 is 21.7 Å². The second-order valence-corrected chi connectivity index (χ2v) is 3.36. The minimum atomic E-state index is -4.72. The van der Waals surface area contributed by atoms with Crippen molar-refractivity contribution in [3.63, 3.8) is 0 Å². The van der Waals surface area contributed by atoms with E-state index in [1.165, 1.54) is 13.0 Å². The Bertz CT molecular complexity index is 368. The molecule has 0 aliphatic carbocycles. The molecule has 0 aliphatic rings. The van der Waals surface area contributed by atoms with Gasteiger partial charge in [0.25, 0.3) is 0 Å². The molecular weight excluding hydrogens is 277 g/mol. The number of aromatic nitrogens is 1. The van der Waals surface area contributed by atoms with Gasteiger partial charge >= 0.3 is 6.36 Å². The van der Waals surface area contributed by atoms with Crippen LogP contribution in [0.2, 0.25) is 0 Å². The van der Waals surface area contributed by atoms with Gasteiger partial charge < -0.3 is 10.5 Å². The number of anilines is 1. The summed E-state index contributed by atoms with van der Waals surface area (Å²) in [6.07, 6.45) is -4.72. The zero-order valence-electron chi connectivity index (χ0n) is 7.73. The van der Waals surface area contributed by atoms with Crippen LogP contribution in [0.3, 0.4) is 0 Å². The number of ether oxygens (including phenoxy) is 1. The number of alkyl halides is 4. The summed E-state index contributed by atoms with van der Waals surface area (Å²) in [4.78, 5) is 3.87. The fraction of sp³-hybridized carbons (Fsp3) is 0.375. The van der Waals surface area contributed by atoms with Gasteiger partial charge in [0.2, 0.25) is 0 Å². The predicted molar refractivity (Wildman–Crippen MR) is 52.7 cm³/mol. The first-order valence-corrected chi connectivity index (χ1v) is 5.03. The van der Waals surface area contributed by atoms with E-state index < -0.39 is 6.36 Å². The van der Waals surface area contributed by atoms with Gasteiger partial charge in [-0.1, -0.05) is 15.9 Å². The number of rotatable bonds is 2. The van der Waals surface area contributed by atoms with Gasteiger partial charge in [-0.25, -0.2) is 4.98 Å². The van der Waals surface area contributed by atoms with Crippen LogP contribution in [0, 0.1) is 6.92 Å². The van der Waals surface area contributed by atoms with E-state index in [1.54, 1.807) is 0 Å². The second-order valence-electron chi connectivity index (χ2n) is 2.80. The first-order valence-electron chi connectivity index (χ1n) is 3.91. The first kappa shape index (κ1) is 12.1. The Morgan fingerprint density at radius 1 is 1.53 bits per heavy atom. The van der Waals surface area contributed by atoms with Crippen LogP contribution in [0.4, 0.5) is 19.0 Å². The highest BCUT2D eigenvalue weighted by Gasteiger charge is 2.32. The van der Waals surface area contributed by atoms with E-state index in [9.17, 15) is 13.2 Å². The fourth-order valence-corrected chi connectivity index (χ4v) is 1.24. The number of nitrogen functional groups attached to an aromatic ring is 1. The third-order valence-electron chi connectivity index (χ3n) is 1.68. The smallest absolute Gasteiger partial charge is 0.405 e. The molecule has 0 unspecified atom stereocenters. The second kappa shape index (κ2) is 4.26. The maximum absolute atomic E-state index is 12.0. The van der Waals surface area contributed by atoms with Crippen molar-refractivity contribution in [1.29, 1.82) is 0 Å². The van der Waals surface area contributed by atoms with Crippen LogP contribution in [0.1, 0.15) is 11.3 Å². The lowest BCUT2D eigenvalue weighted by molar-refractivity contribution is -0.274. The van der Waals surface area contributed by atoms with Crippen molar-refractivity contribution < 1.29 is 17.9 Å². The Hall–Kier alpha value is -0.980. The topological polar surface area (TPSA) is 48.1 Å². The van der Waals surface area contributed by atoms with Crippen LogP contribution in [0.15, 0.2) is 6.07 Å². The van der Waals surface area contributed by atoms with Gasteiger partial charge in [0.1, 0.15) is 11.6 Å². The number of halogens is 4. The summed E-state index contributed by atoms with van der Waals surface area (Å²) in [6.45, 7) is 1.42. The van der Waals surface area contributed by atoms with E-state index in [1.807, 2.05) is 0 Å². The Morgan fingerprint density at radius 3 is 2.60 bits per heavy atom. The molecule has 0 fully saturated rings. The number of nitrogens with two attached hydrogens (primary N) is 1. The molecule has 0 aromatic carbocycles. The maximum Gasteiger partial charge on any atom is 0.573 e. The van der Waals surface area contributed by atoms with Gasteiger partial charge in [-0.3, -0.25) is 0 Å². The SMILES string of the molecule is Cc1c(OC(F)(F)F)cc(CBr)nc1N. The van der Waals surface area contributed by atoms with Crippen molar-refractivity contribution in [2.45, 2.75) is 18.6 Å². The number of hydrogen-bond donors (Lipinski definition) is 1. The Labute approximate surface area is 92.6 Å². The van der Waals surface area contributed by atoms with Crippen molar-refractivity contribution in [3.05, 3.63) is 17.3 Å². The normalized spacial score (nSPS) is 11.5. The van der Waals surface area contributed by atoms with Gasteiger partial charge in [-0.15, -0.1) is 13.2 Å². The standard InChI is InChI=1S/C8H8BrF3N2O/c1-4-6(15-8(10,11)12)2-5(3-9)14-7(4)13/h2H,3H2,1H3,(H2,13,14). The molecule has 0 bridgehead atoms. The van der Waals surface area contributed by atoms with Gasteiger partial charge in [0, 0.05) is 17.0 Å². The minimum Gasteiger partial charge on any atom is -0.405 e. The van der Waals surface area contributed by atoms with Crippen LogP contribution in [-0.2, 0) is 5.33 Å². The molecule has 0 spiro atoms. The number of nitrogens with zero attached hydrogens (tertiary/aromatic N) is 1. The van der Waals surface area contributed by atoms with Crippen LogP contribution >= 0.6 is 15.9 Å². The van der Waals surface area contributed by atoms with E-state index in [-0.39, 0.29) is 17.1 Å². The van der Waals surface area contributed by atoms with Gasteiger partial charge in [-0.2, -0.15) is 0 Å². The Balaban J connectivity index is 3.11. The zero-order chi connectivity index (χ0) is 11.6. The molecule has 0 aliphatic heterocycles. The van der Waals surface area contributed by atoms with Crippen LogP contribution < -0.4 is 10.5 Å². The highest BCUT2D eigenvalue weighted by atomic mass is 79.9. The monoisotopic (exact) mass is 284 g/mol. The lowest BCUT2D eigenvalue weighted by Gasteiger charge is -2.13. The molecule has 0 saturated heterocycles. The molecule has 15 heavy (non-hydrogen) atoms. The Morgan fingerprint density at radius 2 is 2.13 bits per heavy atom. The molecule has 1 heterocycles. The predicted octanol–water partition coefficient (Wildman–Crippen LogP) is 2.77. The van der Waals surface area contributed by atoms with Crippen molar-refractivity contribution in [2.24, 2.45) is 0 Å². The summed E-state index contributed by atoms with van der Waals surface area (Å²) in [6, 6.07) is 1.20. The van der Waals surface area contributed by atoms with Crippen LogP contribution in [0.25, 0.3) is 0 Å². The van der Waals surface area contributed by atoms with E-state index in [4.69, 9.17) is 5.73 Å². The molecule has 2 N–H and O–H groups in total. The molecule has 0 atom stereocenters. The minimum absolute atomic E-state index is 0.0335. The lowest BCUT2D eigenvalue weighted by Crippen LogP contribution is -2.18. The molecule has 84 valence electrons. The third-order valence-corrected chi connectivity index (χ3v) is 2.25. The molecular formula is C8H8BrF3N2O. The molecule has 1 aromatic rings. The van der Waals surface area contributed by atoms with Gasteiger partial charge in [-0.05, 0) is 6.92 Å². The average molecular weight is 285 g/mol. The molecule has 1 aromatic heterocycles. The summed E-state index contributed by atoms with van der Waals surface area (Å²) < 4.78 is 39.8. The van der Waals surface area contributed by atoms with Crippen LogP contribution in [-0.4, -0.2) is 11.3 Å². The Kier molecular flexibility index (Phi) is 3.43. The molecule has 0 amide bonds. The van der Waals surface area contributed by atoms with E-state index in [2.05, 4.69) is 25.7 Å². The maximum atomic E-state index is 12.0. The summed E-state index contributed by atoms with van der Waals surface area (Å²) in [5.74, 6) is -0.282. The fourth-order valence-electron chi connectivity index (χ4n) is 0.956. The summed E-state index contributed by atoms with van der Waals surface area (Å²) in [5.41, 5.74) is 6.00. The molecule has 1 rings (SSSR count). The molecule has 7 heteroatoms. The zero-order valence-corrected chi connectivity index (χ0v) is 9.32. The molecule has 0 radical (unpaired) electrons. The van der Waals surface area contributed by atoms with Crippen molar-refractivity contribution in [3.8, 4) is 5.75 Å². The van der Waals surface area contributed by atoms with E-state index in [0.29, 0.717) is 11.0 Å². The highest BCUT2D eigenvalue weighted by Crippen LogP contribution is 2.29. The third kappa shape index (κ3) is 3.26. The largest absolute Gasteiger partial charge is 0.573 e. The summed E-state index contributed by atoms with van der Waals surface area (Å²) >= 11 is 3.08. The molecule has 0 saturated carbocycles. The quantitative estimate of drug-likeness (QED) is 0.850. The van der Waals surface area contributed by atoms with Gasteiger partial charge in [0.15, 0.2) is 0 Å². The number of hydrogen-bond acceptors (Lipinski definition) is 3. The van der Waals surface area contributed by atoms with Gasteiger partial charge in [0.05, 0.1) is 5.69 Å². The van der Waals surface area contributed by atoms with Crippen molar-refractivity contribution in [1.82, 2.24) is 4.98 Å². The average Bonchev–Trinajstić information content (AvgIpc) is 2.10. The summed E-state index contributed by atoms with van der Waals surface area (Å²) in [5, 5.41) is 0.311. The molecule has 3 nitrogen and oxygen atoms in total. The lowest BCUT2D eigenvalue weighted by atomic mass is 10.2. The van der Waals surface area contributed by atoms with Crippen molar-refractivity contribution in [2.75, 3.05) is 5.73 Å². The summed E-state index contributed by atoms with van der Waals surface area (Å²) in [7, 11) is 0. The van der Waals surface area contributed by atoms with E-state index in [0.717, 1.165) is 0 Å². The van der Waals surface area contributed by atoms with E-state index >= 15 is 0 Å². The first-order chi connectivity index (χ1) is 6.83. The highest BCUT2D eigenvalue weighted by molar-refractivity contribution is 9.08.